The highest BCUT2D eigenvalue weighted by Gasteiger charge is 2.20. The van der Waals surface area contributed by atoms with Gasteiger partial charge in [0, 0.05) is 29.8 Å². The Morgan fingerprint density at radius 1 is 1.25 bits per heavy atom. The van der Waals surface area contributed by atoms with Crippen molar-refractivity contribution in [2.45, 2.75) is 46.0 Å². The first-order chi connectivity index (χ1) is 13.1. The zero-order chi connectivity index (χ0) is 20.5. The second-order valence-electron chi connectivity index (χ2n) is 7.92. The van der Waals surface area contributed by atoms with E-state index in [0.29, 0.717) is 23.6 Å². The molecule has 0 saturated carbocycles. The van der Waals surface area contributed by atoms with Crippen LogP contribution in [-0.4, -0.2) is 31.1 Å². The van der Waals surface area contributed by atoms with Crippen molar-refractivity contribution in [2.24, 2.45) is 0 Å². The molecule has 0 aliphatic rings. The minimum absolute atomic E-state index is 0.0795. The molecule has 152 valence electrons. The first-order valence-electron chi connectivity index (χ1n) is 9.02. The summed E-state index contributed by atoms with van der Waals surface area (Å²) in [5.41, 5.74) is 7.52. The molecule has 0 aliphatic carbocycles. The van der Waals surface area contributed by atoms with E-state index in [1.807, 2.05) is 19.1 Å². The Morgan fingerprint density at radius 3 is 2.68 bits per heavy atom. The van der Waals surface area contributed by atoms with Crippen LogP contribution in [0.1, 0.15) is 4.88 Å². The third-order valence-electron chi connectivity index (χ3n) is 4.29. The predicted molar refractivity (Wildman–Crippen MR) is 113 cm³/mol. The Kier molecular flexibility index (Phi) is 6.06. The molecular formula is C19H25F2N3O2SSi. The minimum atomic E-state index is -2.93. The maximum atomic E-state index is 13.0. The van der Waals surface area contributed by atoms with Crippen molar-refractivity contribution in [3.63, 3.8) is 0 Å². The van der Waals surface area contributed by atoms with Crippen molar-refractivity contribution >= 4 is 35.2 Å². The molecule has 9 heteroatoms. The number of thiophene rings is 1. The van der Waals surface area contributed by atoms with Crippen molar-refractivity contribution in [3.05, 3.63) is 29.3 Å². The lowest BCUT2D eigenvalue weighted by molar-refractivity contribution is -0.0494. The zero-order valence-corrected chi connectivity index (χ0v) is 18.3. The number of ether oxygens (including phenoxy) is 2. The molecule has 0 saturated heterocycles. The largest absolute Gasteiger partial charge is 0.434 e. The van der Waals surface area contributed by atoms with E-state index in [1.165, 1.54) is 6.20 Å². The number of rotatable bonds is 8. The lowest BCUT2D eigenvalue weighted by Gasteiger charge is -2.17. The molecule has 3 rings (SSSR count). The number of aryl methyl sites for hydroxylation is 1. The molecule has 0 aliphatic heterocycles. The predicted octanol–water partition coefficient (Wildman–Crippen LogP) is 5.57. The number of nitrogens with two attached hydrogens (primary N) is 1. The van der Waals surface area contributed by atoms with Crippen LogP contribution in [0.4, 0.5) is 14.5 Å². The summed E-state index contributed by atoms with van der Waals surface area (Å²) in [4.78, 5) is 1.09. The molecule has 2 heterocycles. The van der Waals surface area contributed by atoms with E-state index in [1.54, 1.807) is 22.1 Å². The smallest absolute Gasteiger partial charge is 0.387 e. The molecule has 0 radical (unpaired) electrons. The van der Waals surface area contributed by atoms with Crippen LogP contribution in [0.3, 0.4) is 0 Å². The number of halogens is 2. The topological polar surface area (TPSA) is 62.3 Å². The maximum Gasteiger partial charge on any atom is 0.387 e. The van der Waals surface area contributed by atoms with Gasteiger partial charge in [0.25, 0.3) is 0 Å². The van der Waals surface area contributed by atoms with Crippen LogP contribution < -0.4 is 10.5 Å². The zero-order valence-electron chi connectivity index (χ0n) is 16.5. The molecule has 0 bridgehead atoms. The van der Waals surface area contributed by atoms with Gasteiger partial charge in [-0.2, -0.15) is 13.9 Å². The molecule has 5 nitrogen and oxygen atoms in total. The van der Waals surface area contributed by atoms with Crippen molar-refractivity contribution in [1.29, 1.82) is 0 Å². The van der Waals surface area contributed by atoms with Crippen LogP contribution in [-0.2, 0) is 11.5 Å². The molecule has 0 unspecified atom stereocenters. The van der Waals surface area contributed by atoms with Gasteiger partial charge in [0.2, 0.25) is 0 Å². The molecular weight excluding hydrogens is 400 g/mol. The molecule has 0 amide bonds. The van der Waals surface area contributed by atoms with E-state index in [-0.39, 0.29) is 12.5 Å². The molecule has 1 aromatic carbocycles. The van der Waals surface area contributed by atoms with Crippen molar-refractivity contribution in [1.82, 2.24) is 9.78 Å². The monoisotopic (exact) mass is 425 g/mol. The third kappa shape index (κ3) is 4.89. The summed E-state index contributed by atoms with van der Waals surface area (Å²) in [6.45, 7) is 6.70. The second-order valence-corrected chi connectivity index (χ2v) is 14.8. The van der Waals surface area contributed by atoms with Crippen molar-refractivity contribution in [2.75, 3.05) is 12.3 Å². The van der Waals surface area contributed by atoms with Crippen molar-refractivity contribution in [3.8, 4) is 17.0 Å². The Morgan fingerprint density at radius 2 is 2.00 bits per heavy atom. The van der Waals surface area contributed by atoms with E-state index in [0.717, 1.165) is 21.0 Å². The molecule has 2 N–H and O–H groups in total. The number of hydrogen-bond donors (Lipinski definition) is 1. The average Bonchev–Trinajstić information content (AvgIpc) is 3.11. The highest BCUT2D eigenvalue weighted by atomic mass is 32.1. The summed E-state index contributed by atoms with van der Waals surface area (Å²) >= 11 is 1.59. The number of anilines is 1. The Labute approximate surface area is 168 Å². The first kappa shape index (κ1) is 20.8. The van der Waals surface area contributed by atoms with E-state index < -0.39 is 14.7 Å². The van der Waals surface area contributed by atoms with Crippen molar-refractivity contribution < 1.29 is 18.3 Å². The van der Waals surface area contributed by atoms with E-state index in [4.69, 9.17) is 15.2 Å². The number of fused-ring (bicyclic) bond motifs is 1. The molecule has 0 fully saturated rings. The van der Waals surface area contributed by atoms with Gasteiger partial charge in [-0.15, -0.1) is 11.3 Å². The Bertz CT molecular complexity index is 966. The lowest BCUT2D eigenvalue weighted by Crippen LogP contribution is -2.22. The molecule has 28 heavy (non-hydrogen) atoms. The van der Waals surface area contributed by atoms with Crippen LogP contribution in [0.2, 0.25) is 25.7 Å². The normalized spacial score (nSPS) is 12.2. The fraction of sp³-hybridized carbons (Fsp3) is 0.421. The fourth-order valence-corrected chi connectivity index (χ4v) is 4.60. The lowest BCUT2D eigenvalue weighted by atomic mass is 10.1. The van der Waals surface area contributed by atoms with Crippen LogP contribution in [0.5, 0.6) is 5.75 Å². The summed E-state index contributed by atoms with van der Waals surface area (Å²) in [6.07, 6.45) is 1.51. The van der Waals surface area contributed by atoms with Crippen LogP contribution in [0, 0.1) is 6.92 Å². The van der Waals surface area contributed by atoms with E-state index >= 15 is 0 Å². The van der Waals surface area contributed by atoms with Gasteiger partial charge in [-0.1, -0.05) is 19.6 Å². The van der Waals surface area contributed by atoms with Crippen LogP contribution in [0.15, 0.2) is 24.4 Å². The summed E-state index contributed by atoms with van der Waals surface area (Å²) in [5, 5.41) is 5.13. The van der Waals surface area contributed by atoms with Gasteiger partial charge in [-0.05, 0) is 36.6 Å². The van der Waals surface area contributed by atoms with Gasteiger partial charge in [0.1, 0.15) is 12.5 Å². The summed E-state index contributed by atoms with van der Waals surface area (Å²) < 4.78 is 39.2. The number of nitrogens with zero attached hydrogens (tertiary/aromatic N) is 2. The molecule has 0 atom stereocenters. The summed E-state index contributed by atoms with van der Waals surface area (Å²) in [6, 6.07) is 6.43. The number of nitrogen functional groups attached to an aromatic ring is 1. The molecule has 3 aromatic rings. The second kappa shape index (κ2) is 8.18. The SMILES string of the molecule is Cc1cc2cc(OC(F)F)c(-c3c(N)cnn3COCC[Si](C)(C)C)cc2s1. The van der Waals surface area contributed by atoms with Gasteiger partial charge in [0.15, 0.2) is 0 Å². The number of alkyl halides is 2. The van der Waals surface area contributed by atoms with Gasteiger partial charge < -0.3 is 15.2 Å². The quantitative estimate of drug-likeness (QED) is 0.379. The number of hydrogen-bond acceptors (Lipinski definition) is 5. The summed E-state index contributed by atoms with van der Waals surface area (Å²) in [7, 11) is -1.20. The maximum absolute atomic E-state index is 13.0. The Balaban J connectivity index is 1.95. The van der Waals surface area contributed by atoms with Gasteiger partial charge in [-0.3, -0.25) is 0 Å². The van der Waals surface area contributed by atoms with Crippen LogP contribution >= 0.6 is 11.3 Å². The van der Waals surface area contributed by atoms with Gasteiger partial charge in [-0.25, -0.2) is 4.68 Å². The minimum Gasteiger partial charge on any atom is -0.434 e. The highest BCUT2D eigenvalue weighted by Crippen LogP contribution is 2.40. The molecule has 2 aromatic heterocycles. The highest BCUT2D eigenvalue weighted by molar-refractivity contribution is 7.19. The van der Waals surface area contributed by atoms with Crippen LogP contribution in [0.25, 0.3) is 21.3 Å². The standard InChI is InChI=1S/C19H25F2N3O2SSi/c1-12-7-13-8-16(26-19(20)21)14(9-17(13)27-12)18-15(22)10-23-24(18)11-25-5-6-28(2,3)4/h7-10,19H,5-6,11,22H2,1-4H3. The molecule has 0 spiro atoms. The fourth-order valence-electron chi connectivity index (χ4n) is 2.90. The van der Waals surface area contributed by atoms with Gasteiger partial charge in [0.05, 0.1) is 17.6 Å². The number of aromatic nitrogens is 2. The van der Waals surface area contributed by atoms with E-state index in [2.05, 4.69) is 24.7 Å². The average molecular weight is 426 g/mol. The summed E-state index contributed by atoms with van der Waals surface area (Å²) in [5.74, 6) is 0.0795. The van der Waals surface area contributed by atoms with E-state index in [9.17, 15) is 8.78 Å². The third-order valence-corrected chi connectivity index (χ3v) is 7.01. The number of benzene rings is 1. The first-order valence-corrected chi connectivity index (χ1v) is 13.5. The van der Waals surface area contributed by atoms with Gasteiger partial charge >= 0.3 is 6.61 Å². The Hall–Kier alpha value is -1.97.